The number of carbonyl (C=O) groups excluding carboxylic acids is 1. The Morgan fingerprint density at radius 2 is 2.22 bits per heavy atom. The third-order valence-corrected chi connectivity index (χ3v) is 4.50. The van der Waals surface area contributed by atoms with E-state index in [-0.39, 0.29) is 36.1 Å². The van der Waals surface area contributed by atoms with Gasteiger partial charge in [-0.25, -0.2) is 0 Å². The molecule has 1 saturated heterocycles. The fourth-order valence-electron chi connectivity index (χ4n) is 3.02. The van der Waals surface area contributed by atoms with Crippen molar-refractivity contribution in [3.8, 4) is 5.75 Å². The van der Waals surface area contributed by atoms with E-state index in [1.54, 1.807) is 7.11 Å². The number of para-hydroxylation sites is 1. The van der Waals surface area contributed by atoms with Crippen LogP contribution in [0, 0.1) is 0 Å². The van der Waals surface area contributed by atoms with Crippen LogP contribution in [0.5, 0.6) is 5.75 Å². The average molecular weight is 372 g/mol. The smallest absolute Gasteiger partial charge is 0.272 e. The molecule has 2 heterocycles. The number of carbonyl (C=O) groups is 1. The maximum absolute atomic E-state index is 12.2. The lowest BCUT2D eigenvalue weighted by Gasteiger charge is -2.10. The fraction of sp³-hybridized carbons (Fsp3) is 0.474. The molecule has 1 aromatic heterocycles. The molecule has 0 bridgehead atoms. The number of hydrogen-bond donors (Lipinski definition) is 2. The van der Waals surface area contributed by atoms with Crippen LogP contribution in [0.1, 0.15) is 36.3 Å². The van der Waals surface area contributed by atoms with Gasteiger partial charge in [0.15, 0.2) is 0 Å². The van der Waals surface area contributed by atoms with Crippen molar-refractivity contribution < 1.29 is 14.3 Å². The SMILES string of the molecule is COc1ccccc1Cc1nnc(CCC(=O)NCC2CCCO2)c(=O)[nH]1. The van der Waals surface area contributed by atoms with E-state index in [1.165, 1.54) is 0 Å². The van der Waals surface area contributed by atoms with Gasteiger partial charge in [-0.15, -0.1) is 10.2 Å². The highest BCUT2D eigenvalue weighted by atomic mass is 16.5. The Bertz CT molecular complexity index is 830. The van der Waals surface area contributed by atoms with Crippen molar-refractivity contribution in [2.75, 3.05) is 20.3 Å². The molecule has 1 atom stereocenters. The van der Waals surface area contributed by atoms with Crippen LogP contribution in [0.25, 0.3) is 0 Å². The molecule has 3 rings (SSSR count). The summed E-state index contributed by atoms with van der Waals surface area (Å²) in [5.74, 6) is 1.06. The largest absolute Gasteiger partial charge is 0.496 e. The topological polar surface area (TPSA) is 106 Å². The first-order valence-corrected chi connectivity index (χ1v) is 9.10. The third-order valence-electron chi connectivity index (χ3n) is 4.50. The van der Waals surface area contributed by atoms with Crippen molar-refractivity contribution in [3.63, 3.8) is 0 Å². The summed E-state index contributed by atoms with van der Waals surface area (Å²) in [6.07, 6.45) is 2.96. The first-order chi connectivity index (χ1) is 13.2. The van der Waals surface area contributed by atoms with E-state index in [4.69, 9.17) is 9.47 Å². The van der Waals surface area contributed by atoms with Crippen molar-refractivity contribution in [2.45, 2.75) is 38.2 Å². The van der Waals surface area contributed by atoms with Gasteiger partial charge in [0.05, 0.1) is 13.2 Å². The Kier molecular flexibility index (Phi) is 6.54. The van der Waals surface area contributed by atoms with Crippen molar-refractivity contribution in [1.82, 2.24) is 20.5 Å². The predicted octanol–water partition coefficient (Wildman–Crippen LogP) is 0.992. The number of aromatic amines is 1. The van der Waals surface area contributed by atoms with E-state index in [0.717, 1.165) is 30.8 Å². The van der Waals surface area contributed by atoms with Crippen LogP contribution in [-0.4, -0.2) is 47.5 Å². The highest BCUT2D eigenvalue weighted by Crippen LogP contribution is 2.19. The summed E-state index contributed by atoms with van der Waals surface area (Å²) in [5.41, 5.74) is 0.846. The normalized spacial score (nSPS) is 16.3. The molecule has 1 aromatic carbocycles. The Morgan fingerprint density at radius 1 is 1.37 bits per heavy atom. The van der Waals surface area contributed by atoms with Gasteiger partial charge in [0, 0.05) is 38.0 Å². The maximum atomic E-state index is 12.2. The lowest BCUT2D eigenvalue weighted by molar-refractivity contribution is -0.121. The molecule has 1 aliphatic rings. The number of rotatable bonds is 8. The molecule has 0 aliphatic carbocycles. The zero-order chi connectivity index (χ0) is 19.1. The molecular weight excluding hydrogens is 348 g/mol. The van der Waals surface area contributed by atoms with Crippen LogP contribution < -0.4 is 15.6 Å². The molecule has 1 unspecified atom stereocenters. The van der Waals surface area contributed by atoms with Crippen LogP contribution in [0.15, 0.2) is 29.1 Å². The molecule has 0 radical (unpaired) electrons. The number of aromatic nitrogens is 3. The highest BCUT2D eigenvalue weighted by molar-refractivity contribution is 5.76. The van der Waals surface area contributed by atoms with Crippen LogP contribution in [-0.2, 0) is 22.4 Å². The first-order valence-electron chi connectivity index (χ1n) is 9.10. The maximum Gasteiger partial charge on any atom is 0.272 e. The van der Waals surface area contributed by atoms with E-state index < -0.39 is 0 Å². The molecule has 27 heavy (non-hydrogen) atoms. The highest BCUT2D eigenvalue weighted by Gasteiger charge is 2.16. The van der Waals surface area contributed by atoms with Gasteiger partial charge in [0.1, 0.15) is 17.3 Å². The second kappa shape index (κ2) is 9.27. The fourth-order valence-corrected chi connectivity index (χ4v) is 3.02. The quantitative estimate of drug-likeness (QED) is 0.716. The van der Waals surface area contributed by atoms with Gasteiger partial charge in [-0.2, -0.15) is 0 Å². The number of benzene rings is 1. The third kappa shape index (κ3) is 5.37. The van der Waals surface area contributed by atoms with Gasteiger partial charge in [-0.3, -0.25) is 9.59 Å². The lowest BCUT2D eigenvalue weighted by atomic mass is 10.1. The minimum absolute atomic E-state index is 0.103. The molecule has 0 saturated carbocycles. The Balaban J connectivity index is 1.53. The van der Waals surface area contributed by atoms with Gasteiger partial charge in [0.2, 0.25) is 5.91 Å². The summed E-state index contributed by atoms with van der Waals surface area (Å²) in [4.78, 5) is 26.9. The number of H-pyrrole nitrogens is 1. The van der Waals surface area contributed by atoms with E-state index in [1.807, 2.05) is 24.3 Å². The van der Waals surface area contributed by atoms with Crippen LogP contribution >= 0.6 is 0 Å². The predicted molar refractivity (Wildman–Crippen MR) is 98.8 cm³/mol. The zero-order valence-corrected chi connectivity index (χ0v) is 15.4. The van der Waals surface area contributed by atoms with Crippen LogP contribution in [0.3, 0.4) is 0 Å². The summed E-state index contributed by atoms with van der Waals surface area (Å²) in [6.45, 7) is 1.27. The van der Waals surface area contributed by atoms with Gasteiger partial charge in [-0.1, -0.05) is 18.2 Å². The number of amides is 1. The standard InChI is InChI=1S/C19H24N4O4/c1-26-16-7-3-2-5-13(16)11-17-21-19(25)15(22-23-17)8-9-18(24)20-12-14-6-4-10-27-14/h2-3,5,7,14H,4,6,8-12H2,1H3,(H,20,24)(H,21,23,25). The Morgan fingerprint density at radius 3 is 2.96 bits per heavy atom. The molecule has 8 heteroatoms. The van der Waals surface area contributed by atoms with E-state index in [2.05, 4.69) is 20.5 Å². The van der Waals surface area contributed by atoms with Gasteiger partial charge in [0.25, 0.3) is 5.56 Å². The Hall–Kier alpha value is -2.74. The van der Waals surface area contributed by atoms with Gasteiger partial charge in [-0.05, 0) is 18.9 Å². The van der Waals surface area contributed by atoms with Crippen molar-refractivity contribution in [2.24, 2.45) is 0 Å². The second-order valence-electron chi connectivity index (χ2n) is 6.48. The number of nitrogens with zero attached hydrogens (tertiary/aromatic N) is 2. The lowest BCUT2D eigenvalue weighted by Crippen LogP contribution is -2.32. The number of nitrogens with one attached hydrogen (secondary N) is 2. The van der Waals surface area contributed by atoms with Crippen molar-refractivity contribution in [1.29, 1.82) is 0 Å². The molecule has 1 fully saturated rings. The number of hydrogen-bond acceptors (Lipinski definition) is 6. The van der Waals surface area contributed by atoms with Crippen molar-refractivity contribution >= 4 is 5.91 Å². The minimum Gasteiger partial charge on any atom is -0.496 e. The first kappa shape index (κ1) is 19.0. The van der Waals surface area contributed by atoms with Crippen LogP contribution in [0.4, 0.5) is 0 Å². The number of ether oxygens (including phenoxy) is 2. The Labute approximate surface area is 157 Å². The molecule has 2 N–H and O–H groups in total. The zero-order valence-electron chi connectivity index (χ0n) is 15.4. The molecule has 0 spiro atoms. The summed E-state index contributed by atoms with van der Waals surface area (Å²) in [6, 6.07) is 7.53. The minimum atomic E-state index is -0.318. The molecule has 8 nitrogen and oxygen atoms in total. The molecule has 2 aromatic rings. The second-order valence-corrected chi connectivity index (χ2v) is 6.48. The van der Waals surface area contributed by atoms with E-state index in [0.29, 0.717) is 18.8 Å². The molecule has 144 valence electrons. The van der Waals surface area contributed by atoms with Crippen LogP contribution in [0.2, 0.25) is 0 Å². The molecular formula is C19H24N4O4. The number of methoxy groups -OCH3 is 1. The monoisotopic (exact) mass is 372 g/mol. The summed E-state index contributed by atoms with van der Waals surface area (Å²) in [7, 11) is 1.60. The van der Waals surface area contributed by atoms with E-state index in [9.17, 15) is 9.59 Å². The molecule has 1 amide bonds. The van der Waals surface area contributed by atoms with E-state index >= 15 is 0 Å². The number of aryl methyl sites for hydroxylation is 1. The van der Waals surface area contributed by atoms with Gasteiger partial charge < -0.3 is 19.8 Å². The summed E-state index contributed by atoms with van der Waals surface area (Å²) in [5, 5.41) is 10.9. The summed E-state index contributed by atoms with van der Waals surface area (Å²) < 4.78 is 10.8. The van der Waals surface area contributed by atoms with Crippen molar-refractivity contribution in [3.05, 3.63) is 51.7 Å². The average Bonchev–Trinajstić information content (AvgIpc) is 3.20. The van der Waals surface area contributed by atoms with Gasteiger partial charge >= 0.3 is 0 Å². The summed E-state index contributed by atoms with van der Waals surface area (Å²) >= 11 is 0. The molecule has 1 aliphatic heterocycles.